The molecule has 0 heterocycles. The zero-order chi connectivity index (χ0) is 15.7. The maximum atomic E-state index is 13.3. The van der Waals surface area contributed by atoms with Crippen LogP contribution in [0.1, 0.15) is 11.6 Å². The summed E-state index contributed by atoms with van der Waals surface area (Å²) in [5.41, 5.74) is 4.64. The Hall–Kier alpha value is -1.09. The van der Waals surface area contributed by atoms with Crippen LogP contribution in [0.5, 0.6) is 11.5 Å². The van der Waals surface area contributed by atoms with Crippen LogP contribution in [-0.2, 0) is 0 Å². The third-order valence-electron chi connectivity index (χ3n) is 2.61. The molecule has 1 rings (SSSR count). The van der Waals surface area contributed by atoms with E-state index in [0.29, 0.717) is 0 Å². The number of rotatable bonds is 4. The normalized spacial score (nSPS) is 14.1. The molecule has 0 aromatic heterocycles. The highest BCUT2D eigenvalue weighted by atomic mass is 79.9. The van der Waals surface area contributed by atoms with E-state index in [1.165, 1.54) is 20.3 Å². The van der Waals surface area contributed by atoms with Gasteiger partial charge < -0.3 is 15.2 Å². The summed E-state index contributed by atoms with van der Waals surface area (Å²) in [5.74, 6) is -4.90. The van der Waals surface area contributed by atoms with E-state index in [4.69, 9.17) is 15.2 Å². The van der Waals surface area contributed by atoms with Crippen LogP contribution < -0.4 is 15.2 Å². The van der Waals surface area contributed by atoms with Crippen LogP contribution in [0.3, 0.4) is 0 Å². The lowest BCUT2D eigenvalue weighted by Gasteiger charge is -2.27. The third kappa shape index (κ3) is 2.98. The SMILES string of the molecule is COc1cc(Br)c([C@H](N)C(F)(F)C(F)(F)F)cc1OC. The molecule has 0 saturated heterocycles. The zero-order valence-corrected chi connectivity index (χ0v) is 12.0. The zero-order valence-electron chi connectivity index (χ0n) is 10.4. The minimum atomic E-state index is -5.75. The molecule has 0 fully saturated rings. The highest BCUT2D eigenvalue weighted by Crippen LogP contribution is 2.46. The number of methoxy groups -OCH3 is 2. The van der Waals surface area contributed by atoms with Crippen molar-refractivity contribution >= 4 is 15.9 Å². The number of halogens is 6. The predicted molar refractivity (Wildman–Crippen MR) is 65.2 cm³/mol. The number of benzene rings is 1. The molecule has 1 aromatic carbocycles. The Kier molecular flexibility index (Phi) is 4.86. The largest absolute Gasteiger partial charge is 0.493 e. The topological polar surface area (TPSA) is 44.5 Å². The van der Waals surface area contributed by atoms with Crippen LogP contribution in [0.25, 0.3) is 0 Å². The second-order valence-electron chi connectivity index (χ2n) is 3.83. The monoisotopic (exact) mass is 363 g/mol. The van der Waals surface area contributed by atoms with E-state index in [9.17, 15) is 22.0 Å². The van der Waals surface area contributed by atoms with Gasteiger partial charge in [0.15, 0.2) is 11.5 Å². The molecule has 1 aromatic rings. The fourth-order valence-electron chi connectivity index (χ4n) is 1.48. The van der Waals surface area contributed by atoms with Crippen molar-refractivity contribution in [3.05, 3.63) is 22.2 Å². The third-order valence-corrected chi connectivity index (χ3v) is 3.29. The lowest BCUT2D eigenvalue weighted by molar-refractivity contribution is -0.291. The van der Waals surface area contributed by atoms with Crippen LogP contribution >= 0.6 is 15.9 Å². The summed E-state index contributed by atoms with van der Waals surface area (Å²) in [6.07, 6.45) is -5.75. The number of alkyl halides is 5. The van der Waals surface area contributed by atoms with Gasteiger partial charge in [0.05, 0.1) is 14.2 Å². The summed E-state index contributed by atoms with van der Waals surface area (Å²) in [7, 11) is 2.52. The van der Waals surface area contributed by atoms with Crippen LogP contribution in [0.2, 0.25) is 0 Å². The molecular formula is C11H11BrF5NO2. The van der Waals surface area contributed by atoms with Crippen LogP contribution in [0.4, 0.5) is 22.0 Å². The van der Waals surface area contributed by atoms with Gasteiger partial charge in [-0.2, -0.15) is 22.0 Å². The molecule has 20 heavy (non-hydrogen) atoms. The second-order valence-corrected chi connectivity index (χ2v) is 4.68. The number of hydrogen-bond donors (Lipinski definition) is 1. The molecule has 2 N–H and O–H groups in total. The molecule has 0 bridgehead atoms. The Labute approximate surface area is 120 Å². The first-order valence-corrected chi connectivity index (χ1v) is 5.97. The highest BCUT2D eigenvalue weighted by molar-refractivity contribution is 9.10. The molecular weight excluding hydrogens is 353 g/mol. The van der Waals surface area contributed by atoms with Crippen LogP contribution in [-0.4, -0.2) is 26.3 Å². The van der Waals surface area contributed by atoms with E-state index >= 15 is 0 Å². The van der Waals surface area contributed by atoms with Crippen molar-refractivity contribution in [2.45, 2.75) is 18.1 Å². The predicted octanol–water partition coefficient (Wildman–Crippen LogP) is 3.66. The highest BCUT2D eigenvalue weighted by Gasteiger charge is 2.62. The van der Waals surface area contributed by atoms with E-state index in [1.807, 2.05) is 0 Å². The Balaban J connectivity index is 3.33. The summed E-state index contributed by atoms with van der Waals surface area (Å²) in [6.45, 7) is 0. The second kappa shape index (κ2) is 5.72. The number of ether oxygens (including phenoxy) is 2. The van der Waals surface area contributed by atoms with Crippen LogP contribution in [0, 0.1) is 0 Å². The van der Waals surface area contributed by atoms with Gasteiger partial charge in [-0.3, -0.25) is 0 Å². The number of nitrogens with two attached hydrogens (primary N) is 1. The summed E-state index contributed by atoms with van der Waals surface area (Å²) in [4.78, 5) is 0. The van der Waals surface area contributed by atoms with Crippen LogP contribution in [0.15, 0.2) is 16.6 Å². The molecule has 1 atom stereocenters. The van der Waals surface area contributed by atoms with Gasteiger partial charge >= 0.3 is 12.1 Å². The fourth-order valence-corrected chi connectivity index (χ4v) is 2.05. The molecule has 0 aliphatic rings. The first kappa shape index (κ1) is 17.0. The quantitative estimate of drug-likeness (QED) is 0.830. The molecule has 114 valence electrons. The molecule has 0 unspecified atom stereocenters. The van der Waals surface area contributed by atoms with Gasteiger partial charge in [0.1, 0.15) is 6.04 Å². The van der Waals surface area contributed by atoms with E-state index in [-0.39, 0.29) is 16.0 Å². The lowest BCUT2D eigenvalue weighted by atomic mass is 10.0. The summed E-state index contributed by atoms with van der Waals surface area (Å²) in [6, 6.07) is -0.384. The lowest BCUT2D eigenvalue weighted by Crippen LogP contribution is -2.46. The summed E-state index contributed by atoms with van der Waals surface area (Å²) >= 11 is 2.89. The van der Waals surface area contributed by atoms with Crippen molar-refractivity contribution in [3.63, 3.8) is 0 Å². The molecule has 9 heteroatoms. The Morgan fingerprint density at radius 2 is 1.50 bits per heavy atom. The Bertz CT molecular complexity index is 492. The van der Waals surface area contributed by atoms with Crippen molar-refractivity contribution in [1.29, 1.82) is 0 Å². The van der Waals surface area contributed by atoms with Crippen molar-refractivity contribution in [1.82, 2.24) is 0 Å². The van der Waals surface area contributed by atoms with Gasteiger partial charge in [0.2, 0.25) is 0 Å². The van der Waals surface area contributed by atoms with Gasteiger partial charge in [-0.05, 0) is 17.7 Å². The Morgan fingerprint density at radius 1 is 1.05 bits per heavy atom. The average molecular weight is 364 g/mol. The smallest absolute Gasteiger partial charge is 0.455 e. The van der Waals surface area contributed by atoms with Crippen molar-refractivity contribution in [3.8, 4) is 11.5 Å². The maximum Gasteiger partial charge on any atom is 0.455 e. The first-order valence-electron chi connectivity index (χ1n) is 5.17. The molecule has 0 radical (unpaired) electrons. The van der Waals surface area contributed by atoms with E-state index < -0.39 is 23.7 Å². The molecule has 3 nitrogen and oxygen atoms in total. The van der Waals surface area contributed by atoms with Gasteiger partial charge in [0, 0.05) is 4.47 Å². The van der Waals surface area contributed by atoms with Gasteiger partial charge in [-0.1, -0.05) is 15.9 Å². The summed E-state index contributed by atoms with van der Waals surface area (Å²) < 4.78 is 73.2. The van der Waals surface area contributed by atoms with E-state index in [2.05, 4.69) is 15.9 Å². The minimum Gasteiger partial charge on any atom is -0.493 e. The van der Waals surface area contributed by atoms with Gasteiger partial charge in [-0.25, -0.2) is 0 Å². The number of hydrogen-bond acceptors (Lipinski definition) is 3. The average Bonchev–Trinajstić information content (AvgIpc) is 2.36. The minimum absolute atomic E-state index is 0.000811. The molecule has 0 saturated carbocycles. The van der Waals surface area contributed by atoms with Crippen molar-refractivity contribution < 1.29 is 31.4 Å². The molecule has 0 spiro atoms. The molecule has 0 amide bonds. The maximum absolute atomic E-state index is 13.3. The van der Waals surface area contributed by atoms with E-state index in [0.717, 1.165) is 6.07 Å². The summed E-state index contributed by atoms with van der Waals surface area (Å²) in [5, 5.41) is 0. The van der Waals surface area contributed by atoms with E-state index in [1.54, 1.807) is 0 Å². The Morgan fingerprint density at radius 3 is 1.90 bits per heavy atom. The van der Waals surface area contributed by atoms with Crippen molar-refractivity contribution in [2.24, 2.45) is 5.73 Å². The molecule has 0 aliphatic heterocycles. The fraction of sp³-hybridized carbons (Fsp3) is 0.455. The first-order chi connectivity index (χ1) is 9.06. The molecule has 0 aliphatic carbocycles. The standard InChI is InChI=1S/C11H11BrF5NO2/c1-19-7-3-5(6(12)4-8(7)20-2)9(18)10(13,14)11(15,16)17/h3-4,9H,18H2,1-2H3/t9-/m0/s1. The van der Waals surface area contributed by atoms with Gasteiger partial charge in [0.25, 0.3) is 0 Å². The van der Waals surface area contributed by atoms with Gasteiger partial charge in [-0.15, -0.1) is 0 Å². The van der Waals surface area contributed by atoms with Crippen molar-refractivity contribution in [2.75, 3.05) is 14.2 Å².